The van der Waals surface area contributed by atoms with Gasteiger partial charge in [0, 0.05) is 18.6 Å². The van der Waals surface area contributed by atoms with Gasteiger partial charge in [0.1, 0.15) is 23.0 Å². The average Bonchev–Trinajstić information content (AvgIpc) is 2.59. The Morgan fingerprint density at radius 3 is 2.23 bits per heavy atom. The van der Waals surface area contributed by atoms with Crippen molar-refractivity contribution in [3.63, 3.8) is 0 Å². The van der Waals surface area contributed by atoms with Crippen molar-refractivity contribution in [3.05, 3.63) is 36.4 Å². The minimum atomic E-state index is -0.308. The second kappa shape index (κ2) is 9.97. The molecule has 26 heavy (non-hydrogen) atoms. The van der Waals surface area contributed by atoms with Crippen LogP contribution in [0.3, 0.4) is 0 Å². The lowest BCUT2D eigenvalue weighted by atomic mass is 10.1. The van der Waals surface area contributed by atoms with Crippen LogP contribution in [-0.4, -0.2) is 21.3 Å². The quantitative estimate of drug-likeness (QED) is 0.316. The minimum absolute atomic E-state index is 0.0342. The molecule has 6 heteroatoms. The fourth-order valence-electron chi connectivity index (χ4n) is 2.41. The van der Waals surface area contributed by atoms with Crippen molar-refractivity contribution in [2.45, 2.75) is 55.2 Å². The van der Waals surface area contributed by atoms with Crippen LogP contribution in [0.15, 0.2) is 46.2 Å². The number of carbonyl (C=O) groups excluding carboxylic acids is 1. The average molecular weight is 376 g/mol. The summed E-state index contributed by atoms with van der Waals surface area (Å²) in [6, 6.07) is 8.85. The monoisotopic (exact) mass is 376 g/mol. The Morgan fingerprint density at radius 1 is 0.923 bits per heavy atom. The first-order chi connectivity index (χ1) is 12.5. The number of ether oxygens (including phenoxy) is 1. The van der Waals surface area contributed by atoms with Gasteiger partial charge in [-0.3, -0.25) is 4.79 Å². The zero-order chi connectivity index (χ0) is 18.9. The van der Waals surface area contributed by atoms with Crippen molar-refractivity contribution in [1.29, 1.82) is 0 Å². The molecule has 0 fully saturated rings. The summed E-state index contributed by atoms with van der Waals surface area (Å²) in [6.45, 7) is 2.14. The Bertz CT molecular complexity index is 745. The molecule has 0 aromatic heterocycles. The molecular weight excluding hydrogens is 352 g/mol. The van der Waals surface area contributed by atoms with Gasteiger partial charge in [-0.1, -0.05) is 44.4 Å². The first-order valence-corrected chi connectivity index (χ1v) is 9.54. The Hall–Kier alpha value is -2.34. The van der Waals surface area contributed by atoms with Crippen LogP contribution in [0.4, 0.5) is 0 Å². The second-order valence-electron chi connectivity index (χ2n) is 6.02. The Kier molecular flexibility index (Phi) is 7.66. The number of aromatic hydroxyl groups is 3. The zero-order valence-electron chi connectivity index (χ0n) is 14.8. The van der Waals surface area contributed by atoms with E-state index in [1.165, 1.54) is 24.6 Å². The first-order valence-electron chi connectivity index (χ1n) is 8.73. The molecule has 5 nitrogen and oxygen atoms in total. The van der Waals surface area contributed by atoms with Gasteiger partial charge in [0.15, 0.2) is 0 Å². The van der Waals surface area contributed by atoms with E-state index < -0.39 is 0 Å². The highest BCUT2D eigenvalue weighted by molar-refractivity contribution is 7.99. The summed E-state index contributed by atoms with van der Waals surface area (Å²) in [4.78, 5) is 12.8. The third-order valence-electron chi connectivity index (χ3n) is 3.81. The Morgan fingerprint density at radius 2 is 1.58 bits per heavy atom. The smallest absolute Gasteiger partial charge is 0.311 e. The molecule has 0 bridgehead atoms. The van der Waals surface area contributed by atoms with Crippen molar-refractivity contribution < 1.29 is 24.9 Å². The van der Waals surface area contributed by atoms with E-state index in [2.05, 4.69) is 6.92 Å². The SMILES string of the molecule is CCCCCCCC(=O)Oc1ccc(Sc2ccc(O)cc2O)c(O)c1. The van der Waals surface area contributed by atoms with Crippen LogP contribution in [0.1, 0.15) is 45.4 Å². The van der Waals surface area contributed by atoms with E-state index in [1.54, 1.807) is 18.2 Å². The number of hydrogen-bond acceptors (Lipinski definition) is 6. The van der Waals surface area contributed by atoms with Crippen molar-refractivity contribution in [2.24, 2.45) is 0 Å². The molecule has 2 rings (SSSR count). The Labute approximate surface area is 157 Å². The standard InChI is InChI=1S/C20H24O5S/c1-2-3-4-5-6-7-20(24)25-15-9-11-19(17(23)13-15)26-18-10-8-14(21)12-16(18)22/h8-13,21-23H,2-7H2,1H3. The van der Waals surface area contributed by atoms with Gasteiger partial charge in [-0.05, 0) is 30.7 Å². The molecule has 0 aliphatic heterocycles. The summed E-state index contributed by atoms with van der Waals surface area (Å²) in [5.74, 6) is -0.172. The lowest BCUT2D eigenvalue weighted by Crippen LogP contribution is -2.07. The van der Waals surface area contributed by atoms with Crippen LogP contribution in [-0.2, 0) is 4.79 Å². The van der Waals surface area contributed by atoms with Crippen molar-refractivity contribution in [3.8, 4) is 23.0 Å². The molecule has 0 spiro atoms. The molecular formula is C20H24O5S. The van der Waals surface area contributed by atoms with E-state index in [-0.39, 0.29) is 23.2 Å². The maximum Gasteiger partial charge on any atom is 0.311 e. The fraction of sp³-hybridized carbons (Fsp3) is 0.350. The van der Waals surface area contributed by atoms with Crippen LogP contribution < -0.4 is 4.74 Å². The molecule has 0 amide bonds. The molecule has 2 aromatic rings. The summed E-state index contributed by atoms with van der Waals surface area (Å²) in [7, 11) is 0. The summed E-state index contributed by atoms with van der Waals surface area (Å²) < 4.78 is 5.26. The molecule has 0 radical (unpaired) electrons. The molecule has 0 saturated carbocycles. The highest BCUT2D eigenvalue weighted by atomic mass is 32.2. The van der Waals surface area contributed by atoms with Crippen LogP contribution in [0, 0.1) is 0 Å². The molecule has 0 aliphatic carbocycles. The van der Waals surface area contributed by atoms with Gasteiger partial charge in [0.2, 0.25) is 0 Å². The van der Waals surface area contributed by atoms with E-state index in [4.69, 9.17) is 4.74 Å². The van der Waals surface area contributed by atoms with Crippen LogP contribution >= 0.6 is 11.8 Å². The van der Waals surface area contributed by atoms with E-state index in [0.29, 0.717) is 22.0 Å². The van der Waals surface area contributed by atoms with Crippen LogP contribution in [0.25, 0.3) is 0 Å². The number of esters is 1. The van der Waals surface area contributed by atoms with Gasteiger partial charge in [-0.2, -0.15) is 0 Å². The van der Waals surface area contributed by atoms with Gasteiger partial charge in [-0.25, -0.2) is 0 Å². The molecule has 3 N–H and O–H groups in total. The molecule has 0 saturated heterocycles. The summed E-state index contributed by atoms with van der Waals surface area (Å²) in [5, 5.41) is 29.3. The number of carbonyl (C=O) groups is 1. The van der Waals surface area contributed by atoms with E-state index >= 15 is 0 Å². The lowest BCUT2D eigenvalue weighted by Gasteiger charge is -2.09. The molecule has 0 unspecified atom stereocenters. The van der Waals surface area contributed by atoms with Gasteiger partial charge >= 0.3 is 5.97 Å². The van der Waals surface area contributed by atoms with E-state index in [9.17, 15) is 20.1 Å². The molecule has 0 atom stereocenters. The summed E-state index contributed by atoms with van der Waals surface area (Å²) in [6.07, 6.45) is 5.65. The number of hydrogen-bond donors (Lipinski definition) is 3. The van der Waals surface area contributed by atoms with Gasteiger partial charge in [0.05, 0.1) is 9.79 Å². The van der Waals surface area contributed by atoms with E-state index in [0.717, 1.165) is 37.4 Å². The predicted molar refractivity (Wildman–Crippen MR) is 101 cm³/mol. The highest BCUT2D eigenvalue weighted by Crippen LogP contribution is 2.41. The van der Waals surface area contributed by atoms with Crippen molar-refractivity contribution in [2.75, 3.05) is 0 Å². The number of phenolic OH excluding ortho intramolecular Hbond substituents is 3. The maximum atomic E-state index is 11.8. The number of phenols is 3. The van der Waals surface area contributed by atoms with Gasteiger partial charge in [0.25, 0.3) is 0 Å². The Balaban J connectivity index is 1.91. The number of rotatable bonds is 9. The largest absolute Gasteiger partial charge is 0.508 e. The first kappa shape index (κ1) is 20.0. The molecule has 0 heterocycles. The highest BCUT2D eigenvalue weighted by Gasteiger charge is 2.11. The third-order valence-corrected chi connectivity index (χ3v) is 4.94. The lowest BCUT2D eigenvalue weighted by molar-refractivity contribution is -0.134. The van der Waals surface area contributed by atoms with Gasteiger partial charge < -0.3 is 20.1 Å². The molecule has 0 aliphatic rings. The second-order valence-corrected chi connectivity index (χ2v) is 7.11. The predicted octanol–water partition coefficient (Wildman–Crippen LogP) is 5.22. The normalized spacial score (nSPS) is 10.7. The zero-order valence-corrected chi connectivity index (χ0v) is 15.6. The summed E-state index contributed by atoms with van der Waals surface area (Å²) >= 11 is 1.15. The maximum absolute atomic E-state index is 11.8. The van der Waals surface area contributed by atoms with Gasteiger partial charge in [-0.15, -0.1) is 0 Å². The van der Waals surface area contributed by atoms with Crippen molar-refractivity contribution in [1.82, 2.24) is 0 Å². The number of benzene rings is 2. The third kappa shape index (κ3) is 6.19. The number of unbranched alkanes of at least 4 members (excludes halogenated alkanes) is 4. The minimum Gasteiger partial charge on any atom is -0.508 e. The van der Waals surface area contributed by atoms with Crippen LogP contribution in [0.2, 0.25) is 0 Å². The summed E-state index contributed by atoms with van der Waals surface area (Å²) in [5.41, 5.74) is 0. The van der Waals surface area contributed by atoms with Crippen molar-refractivity contribution >= 4 is 17.7 Å². The van der Waals surface area contributed by atoms with E-state index in [1.807, 2.05) is 0 Å². The molecule has 2 aromatic carbocycles. The van der Waals surface area contributed by atoms with Crippen LogP contribution in [0.5, 0.6) is 23.0 Å². The topological polar surface area (TPSA) is 87.0 Å². The molecule has 140 valence electrons. The fourth-order valence-corrected chi connectivity index (χ4v) is 3.25.